The molecule has 18 heavy (non-hydrogen) atoms. The fourth-order valence-electron chi connectivity index (χ4n) is 2.38. The van der Waals surface area contributed by atoms with Gasteiger partial charge in [-0.1, -0.05) is 25.7 Å². The topological polar surface area (TPSA) is 85.1 Å². The molecule has 1 aromatic rings. The van der Waals surface area contributed by atoms with Crippen molar-refractivity contribution in [3.63, 3.8) is 0 Å². The molecular weight excluding hydrogens is 250 g/mol. The lowest BCUT2D eigenvalue weighted by Crippen LogP contribution is -2.45. The summed E-state index contributed by atoms with van der Waals surface area (Å²) in [5, 5.41) is 4.78. The van der Waals surface area contributed by atoms with Crippen molar-refractivity contribution in [2.45, 2.75) is 38.1 Å². The third kappa shape index (κ3) is 3.29. The van der Waals surface area contributed by atoms with Crippen LogP contribution in [0.2, 0.25) is 0 Å². The first-order valence-electron chi connectivity index (χ1n) is 6.16. The number of carbonyl (C=O) groups is 2. The van der Waals surface area contributed by atoms with Crippen LogP contribution in [0, 0.1) is 5.92 Å². The monoisotopic (exact) mass is 267 g/mol. The van der Waals surface area contributed by atoms with Crippen molar-refractivity contribution in [3.05, 3.63) is 16.6 Å². The largest absolute Gasteiger partial charge is 0.368 e. The number of amides is 2. The van der Waals surface area contributed by atoms with E-state index in [2.05, 4.69) is 10.3 Å². The number of primary amides is 1. The Morgan fingerprint density at radius 2 is 2.22 bits per heavy atom. The lowest BCUT2D eigenvalue weighted by Gasteiger charge is -2.18. The van der Waals surface area contributed by atoms with E-state index < -0.39 is 11.9 Å². The number of hydrogen-bond donors (Lipinski definition) is 2. The van der Waals surface area contributed by atoms with Gasteiger partial charge >= 0.3 is 0 Å². The molecule has 1 saturated carbocycles. The Labute approximate surface area is 110 Å². The van der Waals surface area contributed by atoms with Gasteiger partial charge in [-0.25, -0.2) is 4.98 Å². The summed E-state index contributed by atoms with van der Waals surface area (Å²) in [6.07, 6.45) is 6.86. The van der Waals surface area contributed by atoms with E-state index in [-0.39, 0.29) is 5.91 Å². The van der Waals surface area contributed by atoms with E-state index in [9.17, 15) is 9.59 Å². The van der Waals surface area contributed by atoms with Crippen LogP contribution in [0.3, 0.4) is 0 Å². The van der Waals surface area contributed by atoms with Crippen LogP contribution in [-0.2, 0) is 4.79 Å². The molecule has 0 aromatic carbocycles. The maximum atomic E-state index is 11.8. The van der Waals surface area contributed by atoms with Gasteiger partial charge in [-0.2, -0.15) is 0 Å². The van der Waals surface area contributed by atoms with Gasteiger partial charge in [-0.3, -0.25) is 9.59 Å². The summed E-state index contributed by atoms with van der Waals surface area (Å²) in [6, 6.07) is -0.579. The van der Waals surface area contributed by atoms with Crippen LogP contribution in [0.5, 0.6) is 0 Å². The number of nitrogens with one attached hydrogen (secondary N) is 1. The zero-order valence-corrected chi connectivity index (χ0v) is 10.9. The first kappa shape index (κ1) is 13.0. The molecule has 5 nitrogen and oxygen atoms in total. The summed E-state index contributed by atoms with van der Waals surface area (Å²) < 4.78 is 0. The highest BCUT2D eigenvalue weighted by Gasteiger charge is 2.25. The predicted octanol–water partition coefficient (Wildman–Crippen LogP) is 1.31. The summed E-state index contributed by atoms with van der Waals surface area (Å²) >= 11 is 1.25. The third-order valence-electron chi connectivity index (χ3n) is 3.32. The maximum Gasteiger partial charge on any atom is 0.280 e. The van der Waals surface area contributed by atoms with Gasteiger partial charge in [-0.05, 0) is 12.3 Å². The Hall–Kier alpha value is -1.43. The fraction of sp³-hybridized carbons (Fsp3) is 0.583. The molecular formula is C12H17N3O2S. The first-order valence-corrected chi connectivity index (χ1v) is 7.04. The van der Waals surface area contributed by atoms with E-state index in [0.717, 1.165) is 12.8 Å². The molecule has 6 heteroatoms. The SMILES string of the molecule is NC(=O)[C@H](CC1CCCC1)NC(=O)c1nccs1. The lowest BCUT2D eigenvalue weighted by atomic mass is 9.98. The zero-order valence-electron chi connectivity index (χ0n) is 10.1. The number of hydrogen-bond acceptors (Lipinski definition) is 4. The Bertz CT molecular complexity index is 413. The number of carbonyl (C=O) groups excluding carboxylic acids is 2. The first-order chi connectivity index (χ1) is 8.66. The van der Waals surface area contributed by atoms with Crippen molar-refractivity contribution in [1.29, 1.82) is 0 Å². The summed E-state index contributed by atoms with van der Waals surface area (Å²) in [5.74, 6) is -0.280. The second-order valence-electron chi connectivity index (χ2n) is 4.65. The standard InChI is InChI=1S/C12H17N3O2S/c13-10(16)9(7-8-3-1-2-4-8)15-11(17)12-14-5-6-18-12/h5-6,8-9H,1-4,7H2,(H2,13,16)(H,15,17)/t9-/m0/s1. The summed E-state index contributed by atoms with van der Waals surface area (Å²) in [4.78, 5) is 27.1. The molecule has 2 rings (SSSR count). The summed E-state index contributed by atoms with van der Waals surface area (Å²) in [6.45, 7) is 0. The smallest absolute Gasteiger partial charge is 0.280 e. The molecule has 3 N–H and O–H groups in total. The quantitative estimate of drug-likeness (QED) is 0.843. The second kappa shape index (κ2) is 5.95. The molecule has 0 unspecified atom stereocenters. The van der Waals surface area contributed by atoms with Crippen LogP contribution in [0.15, 0.2) is 11.6 Å². The molecule has 1 fully saturated rings. The average molecular weight is 267 g/mol. The third-order valence-corrected chi connectivity index (χ3v) is 4.09. The predicted molar refractivity (Wildman–Crippen MR) is 69.1 cm³/mol. The number of rotatable bonds is 5. The highest BCUT2D eigenvalue weighted by molar-refractivity contribution is 7.11. The van der Waals surface area contributed by atoms with E-state index in [1.54, 1.807) is 11.6 Å². The van der Waals surface area contributed by atoms with Crippen LogP contribution in [0.4, 0.5) is 0 Å². The van der Waals surface area contributed by atoms with E-state index >= 15 is 0 Å². The minimum atomic E-state index is -0.579. The molecule has 0 saturated heterocycles. The minimum absolute atomic E-state index is 0.313. The van der Waals surface area contributed by atoms with E-state index in [4.69, 9.17) is 5.73 Å². The van der Waals surface area contributed by atoms with Crippen LogP contribution < -0.4 is 11.1 Å². The van der Waals surface area contributed by atoms with Crippen molar-refractivity contribution in [2.24, 2.45) is 11.7 Å². The molecule has 98 valence electrons. The van der Waals surface area contributed by atoms with Gasteiger partial charge in [0.05, 0.1) is 0 Å². The molecule has 1 heterocycles. The molecule has 1 aliphatic rings. The van der Waals surface area contributed by atoms with Gasteiger partial charge < -0.3 is 11.1 Å². The molecule has 0 spiro atoms. The number of thiazole rings is 1. The van der Waals surface area contributed by atoms with Crippen LogP contribution in [-0.4, -0.2) is 22.8 Å². The normalized spacial score (nSPS) is 17.6. The molecule has 1 atom stereocenters. The highest BCUT2D eigenvalue weighted by atomic mass is 32.1. The van der Waals surface area contributed by atoms with Gasteiger partial charge in [-0.15, -0.1) is 11.3 Å². The van der Waals surface area contributed by atoms with Crippen LogP contribution in [0.25, 0.3) is 0 Å². The van der Waals surface area contributed by atoms with Crippen molar-refractivity contribution in [2.75, 3.05) is 0 Å². The minimum Gasteiger partial charge on any atom is -0.368 e. The van der Waals surface area contributed by atoms with Crippen molar-refractivity contribution >= 4 is 23.2 Å². The number of nitrogens with zero attached hydrogens (tertiary/aromatic N) is 1. The molecule has 2 amide bonds. The van der Waals surface area contributed by atoms with Gasteiger partial charge in [0.15, 0.2) is 5.01 Å². The maximum absolute atomic E-state index is 11.8. The molecule has 1 aromatic heterocycles. The van der Waals surface area contributed by atoms with Gasteiger partial charge in [0.2, 0.25) is 5.91 Å². The van der Waals surface area contributed by atoms with E-state index in [1.807, 2.05) is 0 Å². The molecule has 0 aliphatic heterocycles. The Morgan fingerprint density at radius 3 is 2.78 bits per heavy atom. The molecule has 0 bridgehead atoms. The van der Waals surface area contributed by atoms with E-state index in [1.165, 1.54) is 24.2 Å². The van der Waals surface area contributed by atoms with Crippen molar-refractivity contribution in [1.82, 2.24) is 10.3 Å². The van der Waals surface area contributed by atoms with Crippen LogP contribution >= 0.6 is 11.3 Å². The highest BCUT2D eigenvalue weighted by Crippen LogP contribution is 2.28. The Morgan fingerprint density at radius 1 is 1.50 bits per heavy atom. The van der Waals surface area contributed by atoms with Crippen LogP contribution in [0.1, 0.15) is 41.9 Å². The fourth-order valence-corrected chi connectivity index (χ4v) is 2.92. The van der Waals surface area contributed by atoms with Gasteiger partial charge in [0.1, 0.15) is 6.04 Å². The van der Waals surface area contributed by atoms with Crippen molar-refractivity contribution < 1.29 is 9.59 Å². The molecule has 0 radical (unpaired) electrons. The Kier molecular flexibility index (Phi) is 4.30. The van der Waals surface area contributed by atoms with E-state index in [0.29, 0.717) is 17.3 Å². The summed E-state index contributed by atoms with van der Waals surface area (Å²) in [7, 11) is 0. The zero-order chi connectivity index (χ0) is 13.0. The lowest BCUT2D eigenvalue weighted by molar-refractivity contribution is -0.120. The van der Waals surface area contributed by atoms with Gasteiger partial charge in [0.25, 0.3) is 5.91 Å². The summed E-state index contributed by atoms with van der Waals surface area (Å²) in [5.41, 5.74) is 5.35. The average Bonchev–Trinajstić information content (AvgIpc) is 3.00. The van der Waals surface area contributed by atoms with Crippen molar-refractivity contribution in [3.8, 4) is 0 Å². The Balaban J connectivity index is 1.93. The van der Waals surface area contributed by atoms with Gasteiger partial charge in [0, 0.05) is 11.6 Å². The second-order valence-corrected chi connectivity index (χ2v) is 5.55. The number of aromatic nitrogens is 1. The number of nitrogens with two attached hydrogens (primary N) is 1. The molecule has 1 aliphatic carbocycles.